The Balaban J connectivity index is 1.69. The normalized spacial score (nSPS) is 11.9. The van der Waals surface area contributed by atoms with E-state index in [1.807, 2.05) is 61.5 Å². The number of carbonyl (C=O) groups is 1. The highest BCUT2D eigenvalue weighted by Gasteiger charge is 2.21. The molecule has 3 rings (SSSR count). The summed E-state index contributed by atoms with van der Waals surface area (Å²) in [6.07, 6.45) is 1.79. The van der Waals surface area contributed by atoms with Crippen molar-refractivity contribution in [3.8, 4) is 0 Å². The van der Waals surface area contributed by atoms with Crippen molar-refractivity contribution >= 4 is 34.0 Å². The zero-order valence-corrected chi connectivity index (χ0v) is 15.9. The summed E-state index contributed by atoms with van der Waals surface area (Å²) in [6.45, 7) is 2.32. The third-order valence-electron chi connectivity index (χ3n) is 3.78. The second-order valence-corrected chi connectivity index (χ2v) is 7.16. The maximum absolute atomic E-state index is 12.6. The molecule has 1 amide bonds. The zero-order chi connectivity index (χ0) is 18.4. The van der Waals surface area contributed by atoms with E-state index in [0.717, 1.165) is 21.0 Å². The number of amides is 1. The van der Waals surface area contributed by atoms with Crippen LogP contribution in [0, 0.1) is 0 Å². The molecule has 0 aliphatic carbocycles. The van der Waals surface area contributed by atoms with Crippen molar-refractivity contribution in [1.29, 1.82) is 0 Å². The number of thiazole rings is 1. The molecule has 0 radical (unpaired) electrons. The van der Waals surface area contributed by atoms with E-state index in [4.69, 9.17) is 16.3 Å². The fourth-order valence-corrected chi connectivity index (χ4v) is 3.61. The maximum Gasteiger partial charge on any atom is 0.259 e. The summed E-state index contributed by atoms with van der Waals surface area (Å²) >= 11 is 7.65. The molecule has 0 aliphatic heterocycles. The average Bonchev–Trinajstić information content (AvgIpc) is 3.09. The number of nitrogens with one attached hydrogen (secondary N) is 1. The predicted octanol–water partition coefficient (Wildman–Crippen LogP) is 5.10. The summed E-state index contributed by atoms with van der Waals surface area (Å²) in [4.78, 5) is 18.0. The van der Waals surface area contributed by atoms with Gasteiger partial charge in [-0.05, 0) is 24.1 Å². The number of anilines is 1. The lowest BCUT2D eigenvalue weighted by Crippen LogP contribution is -2.23. The third kappa shape index (κ3) is 4.69. The van der Waals surface area contributed by atoms with Gasteiger partial charge < -0.3 is 4.74 Å². The van der Waals surface area contributed by atoms with Crippen LogP contribution in [-0.2, 0) is 16.0 Å². The summed E-state index contributed by atoms with van der Waals surface area (Å²) in [5, 5.41) is 4.14. The standard InChI is InChI=1S/C20H19ClN2O2S/c1-2-25-18(14-8-4-3-5-9-14)19(24)23-20-22-13-16(26-20)12-15-10-6-7-11-17(15)21/h3-11,13,18H,2,12H2,1H3,(H,22,23,24). The van der Waals surface area contributed by atoms with Gasteiger partial charge in [0.15, 0.2) is 11.2 Å². The smallest absolute Gasteiger partial charge is 0.259 e. The van der Waals surface area contributed by atoms with Gasteiger partial charge in [-0.1, -0.05) is 60.1 Å². The number of nitrogens with zero attached hydrogens (tertiary/aromatic N) is 1. The van der Waals surface area contributed by atoms with Crippen molar-refractivity contribution in [2.24, 2.45) is 0 Å². The van der Waals surface area contributed by atoms with Crippen molar-refractivity contribution < 1.29 is 9.53 Å². The van der Waals surface area contributed by atoms with E-state index in [0.29, 0.717) is 18.2 Å². The summed E-state index contributed by atoms with van der Waals surface area (Å²) in [5.74, 6) is -0.225. The molecule has 0 aliphatic rings. The largest absolute Gasteiger partial charge is 0.364 e. The number of ether oxygens (including phenoxy) is 1. The molecule has 0 saturated heterocycles. The Labute approximate surface area is 161 Å². The van der Waals surface area contributed by atoms with Crippen molar-refractivity contribution in [1.82, 2.24) is 4.98 Å². The molecule has 6 heteroatoms. The lowest BCUT2D eigenvalue weighted by atomic mass is 10.1. The van der Waals surface area contributed by atoms with Gasteiger partial charge in [-0.3, -0.25) is 10.1 Å². The Hall–Kier alpha value is -2.21. The van der Waals surface area contributed by atoms with Gasteiger partial charge >= 0.3 is 0 Å². The van der Waals surface area contributed by atoms with E-state index in [-0.39, 0.29) is 5.91 Å². The van der Waals surface area contributed by atoms with Crippen LogP contribution in [0.4, 0.5) is 5.13 Å². The zero-order valence-electron chi connectivity index (χ0n) is 14.3. The molecular weight excluding hydrogens is 368 g/mol. The minimum atomic E-state index is -0.655. The maximum atomic E-state index is 12.6. The van der Waals surface area contributed by atoms with Gasteiger partial charge in [-0.15, -0.1) is 11.3 Å². The van der Waals surface area contributed by atoms with Crippen molar-refractivity contribution in [3.63, 3.8) is 0 Å². The summed E-state index contributed by atoms with van der Waals surface area (Å²) in [7, 11) is 0. The van der Waals surface area contributed by atoms with E-state index in [1.54, 1.807) is 6.20 Å². The number of rotatable bonds is 7. The van der Waals surface area contributed by atoms with Crippen LogP contribution in [0.1, 0.15) is 29.0 Å². The van der Waals surface area contributed by atoms with Crippen LogP contribution >= 0.6 is 22.9 Å². The molecule has 0 bridgehead atoms. The average molecular weight is 387 g/mol. The van der Waals surface area contributed by atoms with Crippen LogP contribution < -0.4 is 5.32 Å². The van der Waals surface area contributed by atoms with Gasteiger partial charge in [0.1, 0.15) is 0 Å². The summed E-state index contributed by atoms with van der Waals surface area (Å²) in [6, 6.07) is 17.2. The van der Waals surface area contributed by atoms with Gasteiger partial charge in [0.05, 0.1) is 0 Å². The van der Waals surface area contributed by atoms with E-state index in [2.05, 4.69) is 10.3 Å². The first kappa shape index (κ1) is 18.6. The monoisotopic (exact) mass is 386 g/mol. The van der Waals surface area contributed by atoms with Crippen LogP contribution in [0.5, 0.6) is 0 Å². The van der Waals surface area contributed by atoms with Crippen molar-refractivity contribution in [3.05, 3.63) is 81.8 Å². The van der Waals surface area contributed by atoms with Crippen LogP contribution in [0.15, 0.2) is 60.8 Å². The first-order valence-corrected chi connectivity index (χ1v) is 9.52. The van der Waals surface area contributed by atoms with E-state index in [1.165, 1.54) is 11.3 Å². The molecule has 26 heavy (non-hydrogen) atoms. The second kappa shape index (κ2) is 8.94. The van der Waals surface area contributed by atoms with Gasteiger partial charge in [0.25, 0.3) is 5.91 Å². The van der Waals surface area contributed by atoms with Crippen molar-refractivity contribution in [2.45, 2.75) is 19.4 Å². The van der Waals surface area contributed by atoms with Gasteiger partial charge in [0, 0.05) is 29.1 Å². The van der Waals surface area contributed by atoms with Gasteiger partial charge in [-0.25, -0.2) is 4.98 Å². The Morgan fingerprint density at radius 2 is 1.92 bits per heavy atom. The number of aromatic nitrogens is 1. The fraction of sp³-hybridized carbons (Fsp3) is 0.200. The van der Waals surface area contributed by atoms with E-state index < -0.39 is 6.10 Å². The minimum absolute atomic E-state index is 0.225. The van der Waals surface area contributed by atoms with E-state index in [9.17, 15) is 4.79 Å². The number of halogens is 1. The molecule has 134 valence electrons. The molecule has 0 fully saturated rings. The summed E-state index contributed by atoms with van der Waals surface area (Å²) < 4.78 is 5.63. The number of benzene rings is 2. The minimum Gasteiger partial charge on any atom is -0.364 e. The van der Waals surface area contributed by atoms with Crippen molar-refractivity contribution in [2.75, 3.05) is 11.9 Å². The molecule has 1 unspecified atom stereocenters. The molecule has 0 saturated carbocycles. The molecule has 1 aromatic heterocycles. The summed E-state index contributed by atoms with van der Waals surface area (Å²) in [5.41, 5.74) is 1.85. The molecule has 4 nitrogen and oxygen atoms in total. The molecule has 2 aromatic carbocycles. The molecule has 3 aromatic rings. The molecule has 1 atom stereocenters. The Kier molecular flexibility index (Phi) is 6.39. The molecule has 0 spiro atoms. The van der Waals surface area contributed by atoms with Crippen LogP contribution in [0.3, 0.4) is 0 Å². The van der Waals surface area contributed by atoms with Crippen LogP contribution in [0.25, 0.3) is 0 Å². The highest BCUT2D eigenvalue weighted by molar-refractivity contribution is 7.15. The van der Waals surface area contributed by atoms with Crippen LogP contribution in [0.2, 0.25) is 5.02 Å². The Morgan fingerprint density at radius 1 is 1.19 bits per heavy atom. The second-order valence-electron chi connectivity index (χ2n) is 5.64. The number of hydrogen-bond acceptors (Lipinski definition) is 4. The van der Waals surface area contributed by atoms with Crippen LogP contribution in [-0.4, -0.2) is 17.5 Å². The lowest BCUT2D eigenvalue weighted by molar-refractivity contribution is -0.127. The fourth-order valence-electron chi connectivity index (χ4n) is 2.57. The first-order chi connectivity index (χ1) is 12.7. The van der Waals surface area contributed by atoms with Gasteiger partial charge in [-0.2, -0.15) is 0 Å². The predicted molar refractivity (Wildman–Crippen MR) is 106 cm³/mol. The first-order valence-electron chi connectivity index (χ1n) is 8.33. The highest BCUT2D eigenvalue weighted by atomic mass is 35.5. The topological polar surface area (TPSA) is 51.2 Å². The highest BCUT2D eigenvalue weighted by Crippen LogP contribution is 2.26. The number of carbonyl (C=O) groups excluding carboxylic acids is 1. The number of hydrogen-bond donors (Lipinski definition) is 1. The quantitative estimate of drug-likeness (QED) is 0.614. The lowest BCUT2D eigenvalue weighted by Gasteiger charge is -2.16. The Morgan fingerprint density at radius 3 is 2.65 bits per heavy atom. The molecule has 1 N–H and O–H groups in total. The Bertz CT molecular complexity index is 867. The van der Waals surface area contributed by atoms with Gasteiger partial charge in [0.2, 0.25) is 0 Å². The SMILES string of the molecule is CCOC(C(=O)Nc1ncc(Cc2ccccc2Cl)s1)c1ccccc1. The molecular formula is C20H19ClN2O2S. The molecule has 1 heterocycles. The van der Waals surface area contributed by atoms with E-state index >= 15 is 0 Å². The third-order valence-corrected chi connectivity index (χ3v) is 5.06.